The first kappa shape index (κ1) is 12.3. The zero-order valence-corrected chi connectivity index (χ0v) is 11.5. The Morgan fingerprint density at radius 1 is 0.905 bits per heavy atom. The third-order valence-corrected chi connectivity index (χ3v) is 4.51. The molecule has 0 heterocycles. The van der Waals surface area contributed by atoms with E-state index in [1.54, 1.807) is 12.1 Å². The largest absolute Gasteiger partial charge is 0.507 e. The lowest BCUT2D eigenvalue weighted by atomic mass is 9.76. The lowest BCUT2D eigenvalue weighted by Gasteiger charge is -2.25. The van der Waals surface area contributed by atoms with E-state index in [1.807, 2.05) is 18.2 Å². The maximum absolute atomic E-state index is 12.7. The van der Waals surface area contributed by atoms with Gasteiger partial charge in [0, 0.05) is 22.1 Å². The molecule has 0 radical (unpaired) electrons. The summed E-state index contributed by atoms with van der Waals surface area (Å²) in [7, 11) is 0. The second-order valence-corrected chi connectivity index (χ2v) is 5.69. The number of hydrogen-bond donors (Lipinski definition) is 1. The summed E-state index contributed by atoms with van der Waals surface area (Å²) in [5, 5.41) is 11.9. The van der Waals surface area contributed by atoms with Gasteiger partial charge in [0.1, 0.15) is 5.75 Å². The Balaban J connectivity index is 2.06. The van der Waals surface area contributed by atoms with Gasteiger partial charge in [-0.15, -0.1) is 0 Å². The number of allylic oxidation sites excluding steroid dienone is 2. The number of rotatable bonds is 0. The molecule has 1 N–H and O–H groups in total. The monoisotopic (exact) mass is 278 g/mol. The van der Waals surface area contributed by atoms with Gasteiger partial charge in [0.2, 0.25) is 0 Å². The number of Topliss-reactive ketones (excluding diaryl/α,β-unsaturated/α-hetero) is 2. The van der Waals surface area contributed by atoms with E-state index in [-0.39, 0.29) is 22.9 Å². The predicted octanol–water partition coefficient (Wildman–Crippen LogP) is 3.80. The fourth-order valence-corrected chi connectivity index (χ4v) is 3.46. The second kappa shape index (κ2) is 4.29. The molecule has 3 nitrogen and oxygen atoms in total. The van der Waals surface area contributed by atoms with Gasteiger partial charge in [-0.25, -0.2) is 0 Å². The van der Waals surface area contributed by atoms with E-state index in [0.29, 0.717) is 34.9 Å². The molecule has 0 spiro atoms. The Morgan fingerprint density at radius 2 is 1.57 bits per heavy atom. The molecule has 0 atom stereocenters. The third kappa shape index (κ3) is 1.60. The average Bonchev–Trinajstić information content (AvgIpc) is 2.52. The molecule has 0 unspecified atom stereocenters. The van der Waals surface area contributed by atoms with Crippen LogP contribution >= 0.6 is 0 Å². The van der Waals surface area contributed by atoms with Crippen LogP contribution in [0.4, 0.5) is 0 Å². The molecule has 2 aliphatic rings. The number of ketones is 2. The van der Waals surface area contributed by atoms with Crippen LogP contribution in [0, 0.1) is 0 Å². The zero-order valence-electron chi connectivity index (χ0n) is 11.5. The van der Waals surface area contributed by atoms with Gasteiger partial charge in [0.25, 0.3) is 0 Å². The first-order valence-electron chi connectivity index (χ1n) is 7.24. The Kier molecular flexibility index (Phi) is 2.52. The van der Waals surface area contributed by atoms with Gasteiger partial charge in [0.15, 0.2) is 11.6 Å². The van der Waals surface area contributed by atoms with Crippen LogP contribution in [0.3, 0.4) is 0 Å². The van der Waals surface area contributed by atoms with E-state index in [4.69, 9.17) is 0 Å². The molecule has 104 valence electrons. The number of phenols is 1. The maximum Gasteiger partial charge on any atom is 0.193 e. The first-order chi connectivity index (χ1) is 10.2. The van der Waals surface area contributed by atoms with Crippen molar-refractivity contribution in [1.29, 1.82) is 0 Å². The molecule has 3 heteroatoms. The lowest BCUT2D eigenvalue weighted by Crippen LogP contribution is -2.24. The summed E-state index contributed by atoms with van der Waals surface area (Å²) in [6.07, 6.45) is 3.20. The van der Waals surface area contributed by atoms with E-state index < -0.39 is 0 Å². The average molecular weight is 278 g/mol. The van der Waals surface area contributed by atoms with Gasteiger partial charge in [-0.3, -0.25) is 9.59 Å². The smallest absolute Gasteiger partial charge is 0.193 e. The van der Waals surface area contributed by atoms with Crippen LogP contribution in [0.25, 0.3) is 10.8 Å². The fraction of sp³-hybridized carbons (Fsp3) is 0.222. The Morgan fingerprint density at radius 3 is 2.33 bits per heavy atom. The molecule has 2 aromatic carbocycles. The topological polar surface area (TPSA) is 54.4 Å². The first-order valence-corrected chi connectivity index (χ1v) is 7.24. The predicted molar refractivity (Wildman–Crippen MR) is 79.8 cm³/mol. The molecule has 0 saturated carbocycles. The molecule has 2 aromatic rings. The van der Waals surface area contributed by atoms with E-state index in [2.05, 4.69) is 0 Å². The quantitative estimate of drug-likeness (QED) is 0.797. The van der Waals surface area contributed by atoms with Crippen molar-refractivity contribution in [2.75, 3.05) is 0 Å². The fourth-order valence-electron chi connectivity index (χ4n) is 3.46. The normalized spacial score (nSPS) is 17.9. The van der Waals surface area contributed by atoms with E-state index in [0.717, 1.165) is 18.2 Å². The van der Waals surface area contributed by atoms with Crippen LogP contribution in [0.2, 0.25) is 0 Å². The van der Waals surface area contributed by atoms with Crippen molar-refractivity contribution in [2.24, 2.45) is 0 Å². The molecule has 4 rings (SSSR count). The number of carbonyl (C=O) groups excluding carboxylic acids is 2. The second-order valence-electron chi connectivity index (χ2n) is 5.69. The highest BCUT2D eigenvalue weighted by Gasteiger charge is 2.35. The molecular formula is C18H14O3. The maximum atomic E-state index is 12.7. The summed E-state index contributed by atoms with van der Waals surface area (Å²) in [5.41, 5.74) is 1.83. The summed E-state index contributed by atoms with van der Waals surface area (Å²) in [6.45, 7) is 0. The minimum Gasteiger partial charge on any atom is -0.507 e. The van der Waals surface area contributed by atoms with Crippen LogP contribution in [-0.2, 0) is 0 Å². The van der Waals surface area contributed by atoms with Gasteiger partial charge in [-0.1, -0.05) is 24.3 Å². The molecule has 0 aliphatic heterocycles. The molecule has 0 amide bonds. The van der Waals surface area contributed by atoms with Crippen LogP contribution < -0.4 is 0 Å². The third-order valence-electron chi connectivity index (χ3n) is 4.51. The summed E-state index contributed by atoms with van der Waals surface area (Å²) < 4.78 is 0. The van der Waals surface area contributed by atoms with Crippen molar-refractivity contribution in [3.05, 3.63) is 52.6 Å². The molecule has 0 fully saturated rings. The highest BCUT2D eigenvalue weighted by molar-refractivity contribution is 6.29. The van der Waals surface area contributed by atoms with Crippen molar-refractivity contribution >= 4 is 22.3 Å². The van der Waals surface area contributed by atoms with Gasteiger partial charge in [-0.05, 0) is 37.1 Å². The van der Waals surface area contributed by atoms with Gasteiger partial charge in [0.05, 0.1) is 5.56 Å². The number of fused-ring (bicyclic) bond motifs is 2. The van der Waals surface area contributed by atoms with Crippen LogP contribution in [0.1, 0.15) is 46.4 Å². The molecule has 2 aliphatic carbocycles. The van der Waals surface area contributed by atoms with E-state index in [1.165, 1.54) is 0 Å². The summed E-state index contributed by atoms with van der Waals surface area (Å²) >= 11 is 0. The van der Waals surface area contributed by atoms with Crippen LogP contribution in [0.5, 0.6) is 5.75 Å². The van der Waals surface area contributed by atoms with Crippen molar-refractivity contribution < 1.29 is 14.7 Å². The molecule has 21 heavy (non-hydrogen) atoms. The van der Waals surface area contributed by atoms with Crippen molar-refractivity contribution in [3.63, 3.8) is 0 Å². The lowest BCUT2D eigenvalue weighted by molar-refractivity contribution is 0.0962. The SMILES string of the molecule is O=C1C2=C(CCCC2)C(=O)c2c1cc1ccccc1c2O. The van der Waals surface area contributed by atoms with Crippen LogP contribution in [-0.4, -0.2) is 16.7 Å². The molecule has 0 saturated heterocycles. The number of benzene rings is 2. The highest BCUT2D eigenvalue weighted by Crippen LogP contribution is 2.41. The molecule has 0 aromatic heterocycles. The number of carbonyl (C=O) groups is 2. The highest BCUT2D eigenvalue weighted by atomic mass is 16.3. The molecule has 0 bridgehead atoms. The molecular weight excluding hydrogens is 264 g/mol. The number of aromatic hydroxyl groups is 1. The zero-order chi connectivity index (χ0) is 14.6. The minimum absolute atomic E-state index is 0.0569. The van der Waals surface area contributed by atoms with Gasteiger partial charge in [-0.2, -0.15) is 0 Å². The Labute approximate surface area is 121 Å². The standard InChI is InChI=1S/C18H14O3/c19-16-12-7-3-4-8-13(12)18(21)15-14(16)9-10-5-1-2-6-11(10)17(15)20/h1-2,5-6,9,20H,3-4,7-8H2. The summed E-state index contributed by atoms with van der Waals surface area (Å²) in [5.74, 6) is -0.304. The van der Waals surface area contributed by atoms with Crippen molar-refractivity contribution in [1.82, 2.24) is 0 Å². The van der Waals surface area contributed by atoms with Crippen molar-refractivity contribution in [2.45, 2.75) is 25.7 Å². The Bertz CT molecular complexity index is 843. The summed E-state index contributed by atoms with van der Waals surface area (Å²) in [6, 6.07) is 9.03. The van der Waals surface area contributed by atoms with Gasteiger partial charge >= 0.3 is 0 Å². The van der Waals surface area contributed by atoms with E-state index in [9.17, 15) is 14.7 Å². The van der Waals surface area contributed by atoms with Crippen LogP contribution in [0.15, 0.2) is 41.5 Å². The van der Waals surface area contributed by atoms with E-state index >= 15 is 0 Å². The van der Waals surface area contributed by atoms with Crippen molar-refractivity contribution in [3.8, 4) is 5.75 Å². The number of hydrogen-bond acceptors (Lipinski definition) is 3. The Hall–Kier alpha value is -2.42. The minimum atomic E-state index is -0.164. The number of phenolic OH excluding ortho intramolecular Hbond substituents is 1. The summed E-state index contributed by atoms with van der Waals surface area (Å²) in [4.78, 5) is 25.4. The van der Waals surface area contributed by atoms with Gasteiger partial charge < -0.3 is 5.11 Å².